The first-order valence-electron chi connectivity index (χ1n) is 24.9. The summed E-state index contributed by atoms with van der Waals surface area (Å²) in [6.07, 6.45) is 79.8. The lowest BCUT2D eigenvalue weighted by Gasteiger charge is -2.22. The molecule has 61 heavy (non-hydrogen) atoms. The van der Waals surface area contributed by atoms with Crippen molar-refractivity contribution in [2.45, 2.75) is 212 Å². The van der Waals surface area contributed by atoms with E-state index in [-0.39, 0.29) is 12.5 Å². The predicted molar refractivity (Wildman–Crippen MR) is 271 cm³/mol. The number of hydrogen-bond acceptors (Lipinski definition) is 3. The van der Waals surface area contributed by atoms with Gasteiger partial charge in [-0.25, -0.2) is 0 Å². The van der Waals surface area contributed by atoms with E-state index in [4.69, 9.17) is 0 Å². The van der Waals surface area contributed by atoms with Crippen molar-refractivity contribution in [2.75, 3.05) is 6.61 Å². The van der Waals surface area contributed by atoms with E-state index in [0.717, 1.165) is 109 Å². The molecule has 0 aliphatic rings. The van der Waals surface area contributed by atoms with Crippen LogP contribution in [0, 0.1) is 0 Å². The van der Waals surface area contributed by atoms with Crippen molar-refractivity contribution in [3.63, 3.8) is 0 Å². The molecule has 0 bridgehead atoms. The Morgan fingerprint density at radius 3 is 1.08 bits per heavy atom. The number of hydrogen-bond donors (Lipinski definition) is 3. The SMILES string of the molecule is CC/C=C\C/C=C\C/C=C\C/C=C\C/C=C\C/C=C\C/C=C\C/C=C\C/C=C\C/C=C\C/C=C\CCCCCCCC(=O)NC(CO)C(O)CCCCCCCCCCCC. The number of unbranched alkanes of at least 4 members (excludes halogenated alkanes) is 14. The second-order valence-electron chi connectivity index (χ2n) is 16.2. The first-order valence-corrected chi connectivity index (χ1v) is 24.9. The molecule has 0 spiro atoms. The highest BCUT2D eigenvalue weighted by Crippen LogP contribution is 2.14. The Bertz CT molecular complexity index is 1270. The molecule has 0 aliphatic carbocycles. The molecule has 2 unspecified atom stereocenters. The zero-order chi connectivity index (χ0) is 44.2. The zero-order valence-corrected chi connectivity index (χ0v) is 39.4. The lowest BCUT2D eigenvalue weighted by Crippen LogP contribution is -2.45. The number of carbonyl (C=O) groups is 1. The summed E-state index contributed by atoms with van der Waals surface area (Å²) in [6, 6.07) is -0.554. The number of nitrogens with one attached hydrogen (secondary N) is 1. The van der Waals surface area contributed by atoms with Gasteiger partial charge in [-0.1, -0.05) is 231 Å². The van der Waals surface area contributed by atoms with Crippen LogP contribution in [0.25, 0.3) is 0 Å². The fourth-order valence-corrected chi connectivity index (χ4v) is 6.66. The maximum Gasteiger partial charge on any atom is 0.220 e. The molecule has 0 rings (SSSR count). The summed E-state index contributed by atoms with van der Waals surface area (Å²) in [6.45, 7) is 4.20. The van der Waals surface area contributed by atoms with Gasteiger partial charge in [0.25, 0.3) is 0 Å². The van der Waals surface area contributed by atoms with E-state index in [1.165, 1.54) is 64.2 Å². The van der Waals surface area contributed by atoms with Crippen LogP contribution in [0.2, 0.25) is 0 Å². The highest BCUT2D eigenvalue weighted by molar-refractivity contribution is 5.76. The van der Waals surface area contributed by atoms with Crippen LogP contribution in [0.1, 0.15) is 200 Å². The van der Waals surface area contributed by atoms with Gasteiger partial charge >= 0.3 is 0 Å². The van der Waals surface area contributed by atoms with Crippen molar-refractivity contribution in [2.24, 2.45) is 0 Å². The predicted octanol–water partition coefficient (Wildman–Crippen LogP) is 16.3. The summed E-state index contributed by atoms with van der Waals surface area (Å²) < 4.78 is 0. The van der Waals surface area contributed by atoms with Gasteiger partial charge < -0.3 is 15.5 Å². The molecular weight excluding hydrogens is 747 g/mol. The quantitative estimate of drug-likeness (QED) is 0.0423. The Kier molecular flexibility index (Phi) is 48.0. The molecule has 1 amide bonds. The molecule has 0 aromatic rings. The topological polar surface area (TPSA) is 69.6 Å². The molecule has 0 aromatic carbocycles. The van der Waals surface area contributed by atoms with Crippen LogP contribution < -0.4 is 5.32 Å². The number of aliphatic hydroxyl groups is 2. The second kappa shape index (κ2) is 50.9. The molecule has 344 valence electrons. The third-order valence-corrected chi connectivity index (χ3v) is 10.4. The van der Waals surface area contributed by atoms with E-state index in [1.54, 1.807) is 0 Å². The summed E-state index contributed by atoms with van der Waals surface area (Å²) in [5.74, 6) is -0.0585. The number of rotatable bonds is 43. The van der Waals surface area contributed by atoms with E-state index < -0.39 is 12.1 Å². The van der Waals surface area contributed by atoms with Crippen LogP contribution in [0.15, 0.2) is 134 Å². The van der Waals surface area contributed by atoms with Gasteiger partial charge in [0.1, 0.15) is 0 Å². The molecule has 4 nitrogen and oxygen atoms in total. The maximum atomic E-state index is 12.4. The maximum absolute atomic E-state index is 12.4. The zero-order valence-electron chi connectivity index (χ0n) is 39.4. The number of aliphatic hydroxyl groups excluding tert-OH is 2. The Hall–Kier alpha value is -3.47. The fourth-order valence-electron chi connectivity index (χ4n) is 6.66. The molecule has 3 N–H and O–H groups in total. The average molecular weight is 840 g/mol. The number of allylic oxidation sites excluding steroid dienone is 22. The van der Waals surface area contributed by atoms with Crippen molar-refractivity contribution in [3.8, 4) is 0 Å². The first-order chi connectivity index (χ1) is 30.2. The minimum Gasteiger partial charge on any atom is -0.394 e. The fraction of sp³-hybridized carbons (Fsp3) is 0.596. The monoisotopic (exact) mass is 840 g/mol. The molecule has 0 fully saturated rings. The van der Waals surface area contributed by atoms with E-state index in [2.05, 4.69) is 153 Å². The molecule has 0 saturated heterocycles. The molecular formula is C57H93NO3. The normalized spacial score (nSPS) is 14.1. The van der Waals surface area contributed by atoms with E-state index >= 15 is 0 Å². The van der Waals surface area contributed by atoms with Crippen LogP contribution in [0.5, 0.6) is 0 Å². The van der Waals surface area contributed by atoms with Crippen LogP contribution >= 0.6 is 0 Å². The Morgan fingerprint density at radius 1 is 0.410 bits per heavy atom. The smallest absolute Gasteiger partial charge is 0.220 e. The van der Waals surface area contributed by atoms with Gasteiger partial charge in [-0.15, -0.1) is 0 Å². The second-order valence-corrected chi connectivity index (χ2v) is 16.2. The summed E-state index contributed by atoms with van der Waals surface area (Å²) >= 11 is 0. The van der Waals surface area contributed by atoms with Gasteiger partial charge in [0.05, 0.1) is 18.8 Å². The summed E-state index contributed by atoms with van der Waals surface area (Å²) in [5, 5.41) is 23.1. The van der Waals surface area contributed by atoms with Gasteiger partial charge in [-0.3, -0.25) is 4.79 Å². The van der Waals surface area contributed by atoms with Crippen LogP contribution in [0.4, 0.5) is 0 Å². The Labute approximate surface area is 377 Å². The van der Waals surface area contributed by atoms with E-state index in [9.17, 15) is 15.0 Å². The minimum absolute atomic E-state index is 0.0585. The van der Waals surface area contributed by atoms with Crippen LogP contribution in [-0.4, -0.2) is 34.9 Å². The number of carbonyl (C=O) groups excluding carboxylic acids is 1. The highest BCUT2D eigenvalue weighted by atomic mass is 16.3. The van der Waals surface area contributed by atoms with Crippen molar-refractivity contribution in [1.82, 2.24) is 5.32 Å². The molecule has 0 aromatic heterocycles. The largest absolute Gasteiger partial charge is 0.394 e. The highest BCUT2D eigenvalue weighted by Gasteiger charge is 2.20. The Morgan fingerprint density at radius 2 is 0.721 bits per heavy atom. The van der Waals surface area contributed by atoms with Crippen LogP contribution in [-0.2, 0) is 4.79 Å². The number of amides is 1. The lowest BCUT2D eigenvalue weighted by atomic mass is 10.0. The van der Waals surface area contributed by atoms with Crippen molar-refractivity contribution < 1.29 is 15.0 Å². The molecule has 0 saturated carbocycles. The minimum atomic E-state index is -0.675. The molecule has 0 radical (unpaired) electrons. The molecule has 4 heteroatoms. The standard InChI is InChI=1S/C57H93NO3/c1-3-5-7-9-11-13-15-16-17-18-19-20-21-22-23-24-25-26-27-28-29-30-31-32-33-34-35-36-37-38-39-40-41-42-43-45-47-49-51-53-57(61)58-55(54-59)56(60)52-50-48-46-44-14-12-10-8-6-4-2/h5,7,11,13,16-17,19-20,22-23,25-26,28-29,31-32,34-35,37-38,40-41,55-56,59-60H,3-4,6,8-10,12,14-15,18,21,24,27,30,33,36,39,42-54H2,1-2H3,(H,58,61)/b7-5-,13-11-,17-16-,20-19-,23-22-,26-25-,29-28-,32-31-,35-34-,38-37-,41-40-. The van der Waals surface area contributed by atoms with Gasteiger partial charge in [-0.2, -0.15) is 0 Å². The molecule has 0 heterocycles. The summed E-state index contributed by atoms with van der Waals surface area (Å²) in [5.41, 5.74) is 0. The van der Waals surface area contributed by atoms with Gasteiger partial charge in [0.2, 0.25) is 5.91 Å². The van der Waals surface area contributed by atoms with Crippen molar-refractivity contribution >= 4 is 5.91 Å². The van der Waals surface area contributed by atoms with Crippen molar-refractivity contribution in [3.05, 3.63) is 134 Å². The third kappa shape index (κ3) is 47.4. The van der Waals surface area contributed by atoms with Gasteiger partial charge in [0.15, 0.2) is 0 Å². The summed E-state index contributed by atoms with van der Waals surface area (Å²) in [4.78, 5) is 12.4. The Balaban J connectivity index is 3.68. The molecule has 2 atom stereocenters. The van der Waals surface area contributed by atoms with Gasteiger partial charge in [-0.05, 0) is 96.3 Å². The lowest BCUT2D eigenvalue weighted by molar-refractivity contribution is -0.123. The van der Waals surface area contributed by atoms with Crippen LogP contribution in [0.3, 0.4) is 0 Å². The third-order valence-electron chi connectivity index (χ3n) is 10.4. The average Bonchev–Trinajstić information content (AvgIpc) is 3.26. The summed E-state index contributed by atoms with van der Waals surface area (Å²) in [7, 11) is 0. The van der Waals surface area contributed by atoms with Gasteiger partial charge in [0, 0.05) is 6.42 Å². The first kappa shape index (κ1) is 57.5. The van der Waals surface area contributed by atoms with Crippen molar-refractivity contribution in [1.29, 1.82) is 0 Å². The van der Waals surface area contributed by atoms with E-state index in [0.29, 0.717) is 12.8 Å². The molecule has 0 aliphatic heterocycles. The van der Waals surface area contributed by atoms with E-state index in [1.807, 2.05) is 0 Å².